The third kappa shape index (κ3) is 12.0. The zero-order chi connectivity index (χ0) is 12.1. The molecular weight excluding hydrogens is 196 g/mol. The molecule has 0 bridgehead atoms. The van der Waals surface area contributed by atoms with Crippen LogP contribution in [0.15, 0.2) is 0 Å². The molecule has 0 saturated carbocycles. The van der Waals surface area contributed by atoms with Gasteiger partial charge in [-0.1, -0.05) is 46.0 Å². The first-order valence-electron chi connectivity index (χ1n) is 7.20. The highest BCUT2D eigenvalue weighted by molar-refractivity contribution is 4.55. The molecule has 0 heterocycles. The molecule has 16 heavy (non-hydrogen) atoms. The molecule has 0 rings (SSSR count). The lowest BCUT2D eigenvalue weighted by molar-refractivity contribution is 0.322. The van der Waals surface area contributed by atoms with Gasteiger partial charge in [-0.05, 0) is 33.0 Å². The number of hydrogen-bond acceptors (Lipinski definition) is 2. The van der Waals surface area contributed by atoms with Gasteiger partial charge in [0.1, 0.15) is 0 Å². The molecule has 2 nitrogen and oxygen atoms in total. The number of likely N-dealkylation sites (N-methyl/N-ethyl adjacent to an activating group) is 1. The average molecular weight is 228 g/mol. The standard InChI is InChI=1S/C14H32N2/c1-4-6-7-8-9-10-13-16(3)14-12-15-11-5-2/h15H,4-14H2,1-3H3. The summed E-state index contributed by atoms with van der Waals surface area (Å²) >= 11 is 0. The Morgan fingerprint density at radius 1 is 0.750 bits per heavy atom. The van der Waals surface area contributed by atoms with E-state index in [1.54, 1.807) is 0 Å². The van der Waals surface area contributed by atoms with Crippen molar-refractivity contribution in [2.75, 3.05) is 33.2 Å². The van der Waals surface area contributed by atoms with E-state index in [1.165, 1.54) is 58.0 Å². The second-order valence-electron chi connectivity index (χ2n) is 4.82. The molecule has 0 amide bonds. The minimum Gasteiger partial charge on any atom is -0.315 e. The molecular formula is C14H32N2. The van der Waals surface area contributed by atoms with Crippen molar-refractivity contribution in [1.29, 1.82) is 0 Å². The van der Waals surface area contributed by atoms with Crippen molar-refractivity contribution in [3.8, 4) is 0 Å². The normalized spacial score (nSPS) is 11.2. The van der Waals surface area contributed by atoms with E-state index in [0.29, 0.717) is 0 Å². The molecule has 0 aliphatic carbocycles. The molecule has 0 spiro atoms. The van der Waals surface area contributed by atoms with Crippen LogP contribution in [0, 0.1) is 0 Å². The third-order valence-electron chi connectivity index (χ3n) is 2.99. The Morgan fingerprint density at radius 2 is 1.44 bits per heavy atom. The Kier molecular flexibility index (Phi) is 12.9. The molecule has 0 aromatic carbocycles. The highest BCUT2D eigenvalue weighted by Gasteiger charge is 1.97. The quantitative estimate of drug-likeness (QED) is 0.516. The van der Waals surface area contributed by atoms with Crippen LogP contribution in [-0.2, 0) is 0 Å². The molecule has 0 aliphatic heterocycles. The average Bonchev–Trinajstić information content (AvgIpc) is 2.29. The Hall–Kier alpha value is -0.0800. The van der Waals surface area contributed by atoms with Crippen molar-refractivity contribution in [3.05, 3.63) is 0 Å². The SMILES string of the molecule is CCCCCCCCN(C)CCNCCC. The van der Waals surface area contributed by atoms with Gasteiger partial charge < -0.3 is 10.2 Å². The summed E-state index contributed by atoms with van der Waals surface area (Å²) in [6.07, 6.45) is 9.63. The summed E-state index contributed by atoms with van der Waals surface area (Å²) in [5.41, 5.74) is 0. The smallest absolute Gasteiger partial charge is 0.0104 e. The summed E-state index contributed by atoms with van der Waals surface area (Å²) in [6, 6.07) is 0. The van der Waals surface area contributed by atoms with E-state index in [2.05, 4.69) is 31.1 Å². The van der Waals surface area contributed by atoms with Gasteiger partial charge in [-0.15, -0.1) is 0 Å². The maximum atomic E-state index is 3.44. The van der Waals surface area contributed by atoms with Crippen LogP contribution in [0.1, 0.15) is 58.8 Å². The van der Waals surface area contributed by atoms with Gasteiger partial charge in [0.15, 0.2) is 0 Å². The van der Waals surface area contributed by atoms with Crippen molar-refractivity contribution in [2.45, 2.75) is 58.8 Å². The van der Waals surface area contributed by atoms with Crippen LogP contribution in [0.3, 0.4) is 0 Å². The predicted octanol–water partition coefficient (Wildman–Crippen LogP) is 3.28. The minimum absolute atomic E-state index is 1.14. The van der Waals surface area contributed by atoms with Crippen molar-refractivity contribution in [2.24, 2.45) is 0 Å². The van der Waals surface area contributed by atoms with Crippen LogP contribution in [0.4, 0.5) is 0 Å². The van der Waals surface area contributed by atoms with E-state index >= 15 is 0 Å². The van der Waals surface area contributed by atoms with E-state index < -0.39 is 0 Å². The lowest BCUT2D eigenvalue weighted by Crippen LogP contribution is -2.30. The van der Waals surface area contributed by atoms with E-state index in [-0.39, 0.29) is 0 Å². The second kappa shape index (κ2) is 13.0. The van der Waals surface area contributed by atoms with Crippen LogP contribution < -0.4 is 5.32 Å². The van der Waals surface area contributed by atoms with Gasteiger partial charge in [0.25, 0.3) is 0 Å². The number of nitrogens with one attached hydrogen (secondary N) is 1. The molecule has 1 N–H and O–H groups in total. The van der Waals surface area contributed by atoms with Gasteiger partial charge in [-0.2, -0.15) is 0 Å². The Morgan fingerprint density at radius 3 is 2.12 bits per heavy atom. The van der Waals surface area contributed by atoms with Crippen molar-refractivity contribution in [1.82, 2.24) is 10.2 Å². The van der Waals surface area contributed by atoms with E-state index in [1.807, 2.05) is 0 Å². The van der Waals surface area contributed by atoms with E-state index in [9.17, 15) is 0 Å². The molecule has 0 aliphatic rings. The van der Waals surface area contributed by atoms with Crippen LogP contribution in [0.25, 0.3) is 0 Å². The number of nitrogens with zero attached hydrogens (tertiary/aromatic N) is 1. The van der Waals surface area contributed by atoms with Crippen molar-refractivity contribution < 1.29 is 0 Å². The summed E-state index contributed by atoms with van der Waals surface area (Å²) in [5.74, 6) is 0. The first-order valence-corrected chi connectivity index (χ1v) is 7.20. The number of rotatable bonds is 12. The molecule has 0 radical (unpaired) electrons. The summed E-state index contributed by atoms with van der Waals surface area (Å²) in [6.45, 7) is 9.24. The Bertz CT molecular complexity index is 126. The first kappa shape index (κ1) is 15.9. The summed E-state index contributed by atoms with van der Waals surface area (Å²) in [5, 5.41) is 3.44. The summed E-state index contributed by atoms with van der Waals surface area (Å²) in [7, 11) is 2.24. The predicted molar refractivity (Wildman–Crippen MR) is 74.0 cm³/mol. The number of hydrogen-bond donors (Lipinski definition) is 1. The molecule has 0 saturated heterocycles. The minimum atomic E-state index is 1.14. The maximum Gasteiger partial charge on any atom is 0.0104 e. The second-order valence-corrected chi connectivity index (χ2v) is 4.82. The van der Waals surface area contributed by atoms with Crippen LogP contribution in [0.5, 0.6) is 0 Å². The molecule has 2 heteroatoms. The highest BCUT2D eigenvalue weighted by atomic mass is 15.1. The Balaban J connectivity index is 3.08. The van der Waals surface area contributed by atoms with Gasteiger partial charge in [-0.3, -0.25) is 0 Å². The largest absolute Gasteiger partial charge is 0.315 e. The van der Waals surface area contributed by atoms with E-state index in [0.717, 1.165) is 13.1 Å². The zero-order valence-electron chi connectivity index (χ0n) is 11.7. The molecule has 0 aromatic heterocycles. The summed E-state index contributed by atoms with van der Waals surface area (Å²) in [4.78, 5) is 2.45. The fourth-order valence-corrected chi connectivity index (χ4v) is 1.85. The lowest BCUT2D eigenvalue weighted by Gasteiger charge is -2.16. The monoisotopic (exact) mass is 228 g/mol. The van der Waals surface area contributed by atoms with Gasteiger partial charge in [0.05, 0.1) is 0 Å². The Labute approximate surface area is 103 Å². The lowest BCUT2D eigenvalue weighted by atomic mass is 10.1. The van der Waals surface area contributed by atoms with Gasteiger partial charge in [0, 0.05) is 13.1 Å². The van der Waals surface area contributed by atoms with Gasteiger partial charge in [-0.25, -0.2) is 0 Å². The van der Waals surface area contributed by atoms with Crippen molar-refractivity contribution in [3.63, 3.8) is 0 Å². The van der Waals surface area contributed by atoms with Gasteiger partial charge >= 0.3 is 0 Å². The zero-order valence-corrected chi connectivity index (χ0v) is 11.7. The van der Waals surface area contributed by atoms with Crippen LogP contribution in [0.2, 0.25) is 0 Å². The van der Waals surface area contributed by atoms with Crippen LogP contribution >= 0.6 is 0 Å². The summed E-state index contributed by atoms with van der Waals surface area (Å²) < 4.78 is 0. The molecule has 0 fully saturated rings. The topological polar surface area (TPSA) is 15.3 Å². The van der Waals surface area contributed by atoms with Gasteiger partial charge in [0.2, 0.25) is 0 Å². The third-order valence-corrected chi connectivity index (χ3v) is 2.99. The molecule has 0 unspecified atom stereocenters. The molecule has 0 aromatic rings. The number of unbranched alkanes of at least 4 members (excludes halogenated alkanes) is 5. The maximum absolute atomic E-state index is 3.44. The first-order chi connectivity index (χ1) is 7.81. The van der Waals surface area contributed by atoms with Crippen LogP contribution in [-0.4, -0.2) is 38.1 Å². The molecule has 98 valence electrons. The fraction of sp³-hybridized carbons (Fsp3) is 1.00. The molecule has 0 atom stereocenters. The fourth-order valence-electron chi connectivity index (χ4n) is 1.85. The highest BCUT2D eigenvalue weighted by Crippen LogP contribution is 2.05. The van der Waals surface area contributed by atoms with E-state index in [4.69, 9.17) is 0 Å². The van der Waals surface area contributed by atoms with Crippen molar-refractivity contribution >= 4 is 0 Å².